The molecule has 2 nitrogen and oxygen atoms in total. The van der Waals surface area contributed by atoms with Crippen molar-refractivity contribution in [2.24, 2.45) is 11.1 Å². The van der Waals surface area contributed by atoms with Crippen molar-refractivity contribution < 1.29 is 4.21 Å². The molecule has 0 aliphatic heterocycles. The molecule has 0 heterocycles. The van der Waals surface area contributed by atoms with Gasteiger partial charge in [0.25, 0.3) is 0 Å². The van der Waals surface area contributed by atoms with E-state index in [0.717, 1.165) is 25.0 Å². The topological polar surface area (TPSA) is 43.1 Å². The zero-order chi connectivity index (χ0) is 10.8. The Labute approximate surface area is 89.4 Å². The van der Waals surface area contributed by atoms with Crippen molar-refractivity contribution >= 4 is 10.8 Å². The molecule has 1 aliphatic carbocycles. The summed E-state index contributed by atoms with van der Waals surface area (Å²) in [4.78, 5) is 0. The summed E-state index contributed by atoms with van der Waals surface area (Å²) in [5.41, 5.74) is 7.67. The summed E-state index contributed by atoms with van der Waals surface area (Å²) >= 11 is 0. The van der Waals surface area contributed by atoms with Crippen LogP contribution < -0.4 is 5.73 Å². The molecule has 1 aliphatic rings. The van der Waals surface area contributed by atoms with Crippen LogP contribution in [0.1, 0.15) is 33.1 Å². The Morgan fingerprint density at radius 2 is 2.29 bits per heavy atom. The molecular weight excluding hydrogens is 194 g/mol. The fourth-order valence-electron chi connectivity index (χ4n) is 2.19. The molecule has 14 heavy (non-hydrogen) atoms. The van der Waals surface area contributed by atoms with Crippen LogP contribution >= 0.6 is 0 Å². The van der Waals surface area contributed by atoms with Crippen LogP contribution in [-0.2, 0) is 10.8 Å². The molecule has 2 atom stereocenters. The largest absolute Gasteiger partial charge is 0.324 e. The molecule has 2 unspecified atom stereocenters. The summed E-state index contributed by atoms with van der Waals surface area (Å²) in [6, 6.07) is 0.194. The number of hydrogen-bond acceptors (Lipinski definition) is 2. The molecule has 1 rings (SSSR count). The lowest BCUT2D eigenvalue weighted by Gasteiger charge is -2.33. The van der Waals surface area contributed by atoms with Gasteiger partial charge in [0.1, 0.15) is 0 Å². The van der Waals surface area contributed by atoms with E-state index in [1.807, 2.05) is 0 Å². The smallest absolute Gasteiger partial charge is 0.0269 e. The minimum absolute atomic E-state index is 0.194. The molecule has 2 N–H and O–H groups in total. The second-order valence-electron chi connectivity index (χ2n) is 5.06. The van der Waals surface area contributed by atoms with Gasteiger partial charge in [-0.3, -0.25) is 4.21 Å². The van der Waals surface area contributed by atoms with Crippen LogP contribution in [0.15, 0.2) is 11.6 Å². The van der Waals surface area contributed by atoms with Gasteiger partial charge in [0.05, 0.1) is 0 Å². The molecule has 0 amide bonds. The zero-order valence-electron chi connectivity index (χ0n) is 9.38. The summed E-state index contributed by atoms with van der Waals surface area (Å²) in [7, 11) is -0.685. The third-order valence-corrected chi connectivity index (χ3v) is 3.43. The van der Waals surface area contributed by atoms with Gasteiger partial charge >= 0.3 is 0 Å². The first-order valence-corrected chi connectivity index (χ1v) is 6.87. The summed E-state index contributed by atoms with van der Waals surface area (Å²) in [6.07, 6.45) is 7.04. The maximum absolute atomic E-state index is 11.0. The maximum atomic E-state index is 11.0. The molecular formula is C11H21NOS. The lowest BCUT2D eigenvalue weighted by molar-refractivity contribution is 0.299. The van der Waals surface area contributed by atoms with Crippen LogP contribution in [0.25, 0.3) is 0 Å². The van der Waals surface area contributed by atoms with Gasteiger partial charge < -0.3 is 5.73 Å². The fraction of sp³-hybridized carbons (Fsp3) is 0.818. The lowest BCUT2D eigenvalue weighted by Crippen LogP contribution is -2.31. The Morgan fingerprint density at radius 1 is 1.64 bits per heavy atom. The predicted octanol–water partition coefficient (Wildman–Crippen LogP) is 1.83. The molecule has 0 aromatic carbocycles. The minimum Gasteiger partial charge on any atom is -0.324 e. The second kappa shape index (κ2) is 4.58. The van der Waals surface area contributed by atoms with Crippen molar-refractivity contribution in [1.29, 1.82) is 0 Å². The first kappa shape index (κ1) is 11.9. The van der Waals surface area contributed by atoms with Gasteiger partial charge in [0.2, 0.25) is 0 Å². The number of nitrogens with two attached hydrogens (primary N) is 1. The van der Waals surface area contributed by atoms with E-state index in [-0.39, 0.29) is 6.04 Å². The molecule has 0 saturated carbocycles. The number of allylic oxidation sites excluding steroid dienone is 1. The first-order chi connectivity index (χ1) is 6.39. The Hall–Kier alpha value is -0.150. The maximum Gasteiger partial charge on any atom is 0.0269 e. The van der Waals surface area contributed by atoms with E-state index in [1.165, 1.54) is 5.57 Å². The molecule has 82 valence electrons. The monoisotopic (exact) mass is 215 g/mol. The van der Waals surface area contributed by atoms with E-state index in [1.54, 1.807) is 6.26 Å². The van der Waals surface area contributed by atoms with Gasteiger partial charge in [-0.2, -0.15) is 0 Å². The predicted molar refractivity (Wildman–Crippen MR) is 62.6 cm³/mol. The average molecular weight is 215 g/mol. The van der Waals surface area contributed by atoms with E-state index in [2.05, 4.69) is 19.9 Å². The van der Waals surface area contributed by atoms with Crippen LogP contribution in [0.5, 0.6) is 0 Å². The zero-order valence-corrected chi connectivity index (χ0v) is 10.2. The van der Waals surface area contributed by atoms with Crippen LogP contribution in [0.3, 0.4) is 0 Å². The Bertz CT molecular complexity index is 258. The fourth-order valence-corrected chi connectivity index (χ4v) is 2.74. The van der Waals surface area contributed by atoms with E-state index < -0.39 is 10.8 Å². The van der Waals surface area contributed by atoms with Crippen molar-refractivity contribution in [1.82, 2.24) is 0 Å². The Balaban J connectivity index is 2.56. The number of hydrogen-bond donors (Lipinski definition) is 1. The molecule has 0 bridgehead atoms. The van der Waals surface area contributed by atoms with Gasteiger partial charge in [-0.05, 0) is 24.7 Å². The lowest BCUT2D eigenvalue weighted by atomic mass is 9.75. The third-order valence-electron chi connectivity index (χ3n) is 2.65. The van der Waals surface area contributed by atoms with Crippen LogP contribution in [0, 0.1) is 5.41 Å². The highest BCUT2D eigenvalue weighted by Crippen LogP contribution is 2.35. The van der Waals surface area contributed by atoms with Crippen LogP contribution in [0.4, 0.5) is 0 Å². The third kappa shape index (κ3) is 3.93. The highest BCUT2D eigenvalue weighted by Gasteiger charge is 2.26. The second-order valence-corrected chi connectivity index (χ2v) is 6.62. The molecule has 0 spiro atoms. The highest BCUT2D eigenvalue weighted by molar-refractivity contribution is 7.84. The van der Waals surface area contributed by atoms with E-state index in [0.29, 0.717) is 5.41 Å². The van der Waals surface area contributed by atoms with Gasteiger partial charge in [0, 0.05) is 28.9 Å². The van der Waals surface area contributed by atoms with Crippen LogP contribution in [-0.4, -0.2) is 22.3 Å². The van der Waals surface area contributed by atoms with E-state index in [4.69, 9.17) is 5.73 Å². The summed E-state index contributed by atoms with van der Waals surface area (Å²) in [5.74, 6) is 0.772. The highest BCUT2D eigenvalue weighted by atomic mass is 32.2. The Kier molecular flexibility index (Phi) is 3.90. The van der Waals surface area contributed by atoms with Crippen molar-refractivity contribution in [2.75, 3.05) is 12.0 Å². The van der Waals surface area contributed by atoms with E-state index in [9.17, 15) is 4.21 Å². The molecule has 0 fully saturated rings. The molecule has 3 heteroatoms. The quantitative estimate of drug-likeness (QED) is 0.730. The molecule has 0 aromatic rings. The molecule has 0 saturated heterocycles. The van der Waals surface area contributed by atoms with Gasteiger partial charge in [-0.15, -0.1) is 0 Å². The standard InChI is InChI=1S/C11H21NOS/c1-11(2)7-9(4-5-14(3)13)6-10(12)8-11/h6,10H,4-5,7-8,12H2,1-3H3. The van der Waals surface area contributed by atoms with Crippen molar-refractivity contribution in [3.8, 4) is 0 Å². The SMILES string of the molecule is CS(=O)CCC1=CC(N)CC(C)(C)C1. The Morgan fingerprint density at radius 3 is 2.79 bits per heavy atom. The van der Waals surface area contributed by atoms with Crippen LogP contribution in [0.2, 0.25) is 0 Å². The van der Waals surface area contributed by atoms with Gasteiger partial charge in [-0.25, -0.2) is 0 Å². The number of rotatable bonds is 3. The molecule has 0 aromatic heterocycles. The summed E-state index contributed by atoms with van der Waals surface area (Å²) < 4.78 is 11.0. The van der Waals surface area contributed by atoms with Gasteiger partial charge in [-0.1, -0.05) is 25.5 Å². The first-order valence-electron chi connectivity index (χ1n) is 5.14. The van der Waals surface area contributed by atoms with Crippen molar-refractivity contribution in [3.05, 3.63) is 11.6 Å². The summed E-state index contributed by atoms with van der Waals surface area (Å²) in [5, 5.41) is 0. The van der Waals surface area contributed by atoms with Crippen molar-refractivity contribution in [3.63, 3.8) is 0 Å². The van der Waals surface area contributed by atoms with E-state index >= 15 is 0 Å². The molecule has 0 radical (unpaired) electrons. The average Bonchev–Trinajstić information content (AvgIpc) is 1.96. The normalized spacial score (nSPS) is 28.3. The van der Waals surface area contributed by atoms with Gasteiger partial charge in [0.15, 0.2) is 0 Å². The summed E-state index contributed by atoms with van der Waals surface area (Å²) in [6.45, 7) is 4.51. The van der Waals surface area contributed by atoms with Crippen molar-refractivity contribution in [2.45, 2.75) is 39.2 Å². The minimum atomic E-state index is -0.685.